The zero-order valence-corrected chi connectivity index (χ0v) is 8.33. The van der Waals surface area contributed by atoms with E-state index in [1.165, 1.54) is 22.0 Å². The second kappa shape index (κ2) is 2.91. The van der Waals surface area contributed by atoms with Gasteiger partial charge in [-0.25, -0.2) is 0 Å². The molecule has 0 fully saturated rings. The van der Waals surface area contributed by atoms with E-state index in [0.717, 1.165) is 0 Å². The van der Waals surface area contributed by atoms with E-state index in [0.29, 0.717) is 0 Å². The maximum Gasteiger partial charge on any atom is 0.0480 e. The van der Waals surface area contributed by atoms with Crippen LogP contribution in [-0.4, -0.2) is 4.57 Å². The van der Waals surface area contributed by atoms with Gasteiger partial charge >= 0.3 is 0 Å². The lowest BCUT2D eigenvalue weighted by atomic mass is 10.1. The molecule has 0 aliphatic rings. The summed E-state index contributed by atoms with van der Waals surface area (Å²) >= 11 is 0. The largest absolute Gasteiger partial charge is 0.350 e. The lowest BCUT2D eigenvalue weighted by Gasteiger charge is -1.97. The minimum Gasteiger partial charge on any atom is -0.350 e. The van der Waals surface area contributed by atoms with E-state index in [1.54, 1.807) is 0 Å². The van der Waals surface area contributed by atoms with Gasteiger partial charge in [-0.05, 0) is 31.0 Å². The summed E-state index contributed by atoms with van der Waals surface area (Å²) in [5.74, 6) is 0. The second-order valence-corrected chi connectivity index (χ2v) is 3.50. The van der Waals surface area contributed by atoms with Crippen LogP contribution >= 0.6 is 0 Å². The van der Waals surface area contributed by atoms with E-state index in [1.807, 2.05) is 0 Å². The topological polar surface area (TPSA) is 4.93 Å². The Morgan fingerprint density at radius 3 is 2.77 bits per heavy atom. The molecule has 0 amide bonds. The SMILES string of the molecule is C[CH]c1cn(C)c2ccc(C)cc12. The van der Waals surface area contributed by atoms with Gasteiger partial charge in [0.15, 0.2) is 0 Å². The summed E-state index contributed by atoms with van der Waals surface area (Å²) in [5, 5.41) is 1.35. The highest BCUT2D eigenvalue weighted by Crippen LogP contribution is 2.22. The van der Waals surface area contributed by atoms with Crippen LogP contribution in [0.1, 0.15) is 18.1 Å². The van der Waals surface area contributed by atoms with Crippen LogP contribution in [0, 0.1) is 13.3 Å². The maximum absolute atomic E-state index is 2.24. The molecule has 0 N–H and O–H groups in total. The van der Waals surface area contributed by atoms with E-state index in [4.69, 9.17) is 0 Å². The van der Waals surface area contributed by atoms with Gasteiger partial charge in [0, 0.05) is 24.1 Å². The average molecular weight is 172 g/mol. The van der Waals surface area contributed by atoms with Gasteiger partial charge in [0.05, 0.1) is 0 Å². The van der Waals surface area contributed by atoms with E-state index in [-0.39, 0.29) is 0 Å². The van der Waals surface area contributed by atoms with Gasteiger partial charge < -0.3 is 4.57 Å². The zero-order valence-electron chi connectivity index (χ0n) is 8.33. The third-order valence-electron chi connectivity index (χ3n) is 2.49. The molecule has 1 nitrogen and oxygen atoms in total. The Kier molecular flexibility index (Phi) is 1.87. The van der Waals surface area contributed by atoms with Crippen molar-refractivity contribution in [3.63, 3.8) is 0 Å². The van der Waals surface area contributed by atoms with E-state index in [2.05, 4.69) is 56.3 Å². The van der Waals surface area contributed by atoms with Crippen LogP contribution in [-0.2, 0) is 7.05 Å². The minimum absolute atomic E-state index is 1.30. The summed E-state index contributed by atoms with van der Waals surface area (Å²) in [4.78, 5) is 0. The minimum atomic E-state index is 1.30. The summed E-state index contributed by atoms with van der Waals surface area (Å²) in [6.07, 6.45) is 4.33. The van der Waals surface area contributed by atoms with E-state index in [9.17, 15) is 0 Å². The number of aryl methyl sites for hydroxylation is 2. The molecule has 1 aromatic heterocycles. The Balaban J connectivity index is 2.81. The number of nitrogens with zero attached hydrogens (tertiary/aromatic N) is 1. The van der Waals surface area contributed by atoms with Crippen molar-refractivity contribution in [2.45, 2.75) is 13.8 Å². The van der Waals surface area contributed by atoms with Gasteiger partial charge in [0.25, 0.3) is 0 Å². The van der Waals surface area contributed by atoms with Gasteiger partial charge in [-0.15, -0.1) is 0 Å². The monoisotopic (exact) mass is 172 g/mol. The highest BCUT2D eigenvalue weighted by molar-refractivity contribution is 5.85. The van der Waals surface area contributed by atoms with Crippen LogP contribution in [0.4, 0.5) is 0 Å². The van der Waals surface area contributed by atoms with Crippen molar-refractivity contribution in [3.05, 3.63) is 41.9 Å². The van der Waals surface area contributed by atoms with Crippen molar-refractivity contribution in [1.29, 1.82) is 0 Å². The summed E-state index contributed by atoms with van der Waals surface area (Å²) in [5.41, 5.74) is 3.95. The molecule has 1 aromatic carbocycles. The quantitative estimate of drug-likeness (QED) is 0.623. The van der Waals surface area contributed by atoms with Gasteiger partial charge in [0.1, 0.15) is 0 Å². The van der Waals surface area contributed by atoms with Crippen molar-refractivity contribution >= 4 is 10.9 Å². The fraction of sp³-hybridized carbons (Fsp3) is 0.250. The fourth-order valence-electron chi connectivity index (χ4n) is 1.77. The van der Waals surface area contributed by atoms with Crippen LogP contribution in [0.2, 0.25) is 0 Å². The third kappa shape index (κ3) is 1.24. The van der Waals surface area contributed by atoms with E-state index >= 15 is 0 Å². The molecule has 0 spiro atoms. The van der Waals surface area contributed by atoms with Crippen molar-refractivity contribution in [1.82, 2.24) is 4.57 Å². The lowest BCUT2D eigenvalue weighted by Crippen LogP contribution is -1.82. The molecule has 0 aliphatic carbocycles. The molecule has 2 aromatic rings. The Morgan fingerprint density at radius 1 is 1.31 bits per heavy atom. The van der Waals surface area contributed by atoms with Crippen LogP contribution in [0.15, 0.2) is 24.4 Å². The molecule has 0 bridgehead atoms. The molecule has 13 heavy (non-hydrogen) atoms. The fourth-order valence-corrected chi connectivity index (χ4v) is 1.77. The lowest BCUT2D eigenvalue weighted by molar-refractivity contribution is 0.964. The molecule has 0 saturated heterocycles. The summed E-state index contributed by atoms with van der Waals surface area (Å²) in [6.45, 7) is 4.21. The van der Waals surface area contributed by atoms with Crippen LogP contribution in [0.3, 0.4) is 0 Å². The normalized spacial score (nSPS) is 11.0. The Labute approximate surface area is 79.0 Å². The van der Waals surface area contributed by atoms with E-state index < -0.39 is 0 Å². The van der Waals surface area contributed by atoms with Crippen molar-refractivity contribution < 1.29 is 0 Å². The first-order chi connectivity index (χ1) is 6.22. The molecule has 1 heterocycles. The number of fused-ring (bicyclic) bond motifs is 1. The van der Waals surface area contributed by atoms with Crippen LogP contribution < -0.4 is 0 Å². The first-order valence-corrected chi connectivity index (χ1v) is 4.57. The zero-order chi connectivity index (χ0) is 9.42. The average Bonchev–Trinajstić information content (AvgIpc) is 2.42. The molecule has 1 heteroatoms. The Bertz CT molecular complexity index is 438. The second-order valence-electron chi connectivity index (χ2n) is 3.50. The number of hydrogen-bond donors (Lipinski definition) is 0. The summed E-state index contributed by atoms with van der Waals surface area (Å²) in [7, 11) is 2.09. The highest BCUT2D eigenvalue weighted by Gasteiger charge is 2.03. The smallest absolute Gasteiger partial charge is 0.0480 e. The summed E-state index contributed by atoms with van der Waals surface area (Å²) in [6, 6.07) is 6.57. The molecule has 0 aliphatic heterocycles. The van der Waals surface area contributed by atoms with Gasteiger partial charge in [0.2, 0.25) is 0 Å². The number of aromatic nitrogens is 1. The standard InChI is InChI=1S/C12H14N/c1-4-10-8-13(3)12-6-5-9(2)7-11(10)12/h4-8H,1-3H3. The van der Waals surface area contributed by atoms with Crippen LogP contribution in [0.25, 0.3) is 10.9 Å². The molecule has 0 atom stereocenters. The number of rotatable bonds is 1. The number of benzene rings is 1. The first kappa shape index (κ1) is 8.36. The highest BCUT2D eigenvalue weighted by atomic mass is 14.9. The molecular formula is C12H14N. The molecule has 2 rings (SSSR count). The first-order valence-electron chi connectivity index (χ1n) is 4.57. The van der Waals surface area contributed by atoms with Crippen LogP contribution in [0.5, 0.6) is 0 Å². The molecule has 0 unspecified atom stereocenters. The predicted molar refractivity (Wildman–Crippen MR) is 56.7 cm³/mol. The van der Waals surface area contributed by atoms with Crippen molar-refractivity contribution in [2.75, 3.05) is 0 Å². The maximum atomic E-state index is 2.24. The molecular weight excluding hydrogens is 158 g/mol. The Morgan fingerprint density at radius 2 is 2.08 bits per heavy atom. The number of hydrogen-bond acceptors (Lipinski definition) is 0. The van der Waals surface area contributed by atoms with Crippen molar-refractivity contribution in [2.24, 2.45) is 7.05 Å². The Hall–Kier alpha value is -1.24. The van der Waals surface area contributed by atoms with Gasteiger partial charge in [-0.2, -0.15) is 0 Å². The predicted octanol–water partition coefficient (Wildman–Crippen LogP) is 3.06. The molecule has 1 radical (unpaired) electrons. The molecule has 0 saturated carbocycles. The summed E-state index contributed by atoms with van der Waals surface area (Å²) < 4.78 is 2.17. The third-order valence-corrected chi connectivity index (χ3v) is 2.49. The van der Waals surface area contributed by atoms with Gasteiger partial charge in [-0.1, -0.05) is 18.6 Å². The van der Waals surface area contributed by atoms with Gasteiger partial charge in [-0.3, -0.25) is 0 Å². The van der Waals surface area contributed by atoms with Crippen molar-refractivity contribution in [3.8, 4) is 0 Å². The molecule has 67 valence electrons.